The Hall–Kier alpha value is -2.60. The Morgan fingerprint density at radius 1 is 1.30 bits per heavy atom. The molecule has 0 aliphatic heterocycles. The zero-order valence-electron chi connectivity index (χ0n) is 12.6. The number of nitrogens with zero attached hydrogens (tertiary/aromatic N) is 4. The maximum absolute atomic E-state index is 12.1. The second-order valence-electron chi connectivity index (χ2n) is 5.07. The van der Waals surface area contributed by atoms with E-state index in [1.165, 1.54) is 0 Å². The van der Waals surface area contributed by atoms with Gasteiger partial charge in [-0.3, -0.25) is 14.2 Å². The van der Waals surface area contributed by atoms with E-state index < -0.39 is 0 Å². The van der Waals surface area contributed by atoms with Crippen molar-refractivity contribution in [3.05, 3.63) is 65.1 Å². The lowest BCUT2D eigenvalue weighted by molar-refractivity contribution is 0.102. The SMILES string of the molecule is CCn1cc(C(=O)Nc2ccn(Cc3cccc(Cl)c3)n2)cn1. The van der Waals surface area contributed by atoms with E-state index >= 15 is 0 Å². The van der Waals surface area contributed by atoms with Crippen LogP contribution in [0.25, 0.3) is 0 Å². The van der Waals surface area contributed by atoms with Crippen molar-refractivity contribution in [1.82, 2.24) is 19.6 Å². The number of nitrogens with one attached hydrogen (secondary N) is 1. The van der Waals surface area contributed by atoms with Crippen molar-refractivity contribution in [2.45, 2.75) is 20.0 Å². The third-order valence-corrected chi connectivity index (χ3v) is 3.57. The van der Waals surface area contributed by atoms with Crippen LogP contribution in [0.3, 0.4) is 0 Å². The normalized spacial score (nSPS) is 10.7. The predicted octanol–water partition coefficient (Wildman–Crippen LogP) is 3.05. The molecular formula is C16H16ClN5O. The van der Waals surface area contributed by atoms with E-state index in [0.29, 0.717) is 22.9 Å². The average Bonchev–Trinajstić information content (AvgIpc) is 3.16. The zero-order chi connectivity index (χ0) is 16.2. The number of halogens is 1. The third kappa shape index (κ3) is 3.78. The lowest BCUT2D eigenvalue weighted by Gasteiger charge is -2.03. The maximum atomic E-state index is 12.1. The standard InChI is InChI=1S/C16H16ClN5O/c1-2-21-11-13(9-18-21)16(23)19-15-6-7-22(20-15)10-12-4-3-5-14(17)8-12/h3-9,11H,2,10H2,1H3,(H,19,20,23). The van der Waals surface area contributed by atoms with Gasteiger partial charge in [-0.2, -0.15) is 10.2 Å². The molecule has 0 bridgehead atoms. The van der Waals surface area contributed by atoms with E-state index in [9.17, 15) is 4.79 Å². The molecule has 0 spiro atoms. The van der Waals surface area contributed by atoms with Gasteiger partial charge in [-0.05, 0) is 24.6 Å². The molecule has 0 unspecified atom stereocenters. The van der Waals surface area contributed by atoms with Crippen LogP contribution < -0.4 is 5.32 Å². The summed E-state index contributed by atoms with van der Waals surface area (Å²) in [5, 5.41) is 11.9. The quantitative estimate of drug-likeness (QED) is 0.782. The Balaban J connectivity index is 1.66. The van der Waals surface area contributed by atoms with Crippen molar-refractivity contribution in [3.8, 4) is 0 Å². The van der Waals surface area contributed by atoms with Crippen LogP contribution in [0.4, 0.5) is 5.82 Å². The molecule has 0 fully saturated rings. The molecule has 0 saturated carbocycles. The van der Waals surface area contributed by atoms with Crippen LogP contribution in [0.5, 0.6) is 0 Å². The van der Waals surface area contributed by atoms with Crippen molar-refractivity contribution >= 4 is 23.3 Å². The van der Waals surface area contributed by atoms with Gasteiger partial charge in [0.25, 0.3) is 5.91 Å². The number of hydrogen-bond donors (Lipinski definition) is 1. The highest BCUT2D eigenvalue weighted by Gasteiger charge is 2.10. The molecule has 1 amide bonds. The number of hydrogen-bond acceptors (Lipinski definition) is 3. The summed E-state index contributed by atoms with van der Waals surface area (Å²) in [4.78, 5) is 12.1. The second-order valence-corrected chi connectivity index (χ2v) is 5.50. The van der Waals surface area contributed by atoms with Gasteiger partial charge in [0.1, 0.15) is 0 Å². The van der Waals surface area contributed by atoms with Gasteiger partial charge in [0.15, 0.2) is 5.82 Å². The van der Waals surface area contributed by atoms with Crippen molar-refractivity contribution in [3.63, 3.8) is 0 Å². The summed E-state index contributed by atoms with van der Waals surface area (Å²) < 4.78 is 3.45. The molecule has 7 heteroatoms. The molecule has 1 N–H and O–H groups in total. The third-order valence-electron chi connectivity index (χ3n) is 3.34. The molecule has 2 aromatic heterocycles. The molecule has 0 aliphatic rings. The fourth-order valence-corrected chi connectivity index (χ4v) is 2.39. The first-order valence-corrected chi connectivity index (χ1v) is 7.63. The summed E-state index contributed by atoms with van der Waals surface area (Å²) in [5.74, 6) is 0.277. The zero-order valence-corrected chi connectivity index (χ0v) is 13.4. The maximum Gasteiger partial charge on any atom is 0.260 e. The fourth-order valence-electron chi connectivity index (χ4n) is 2.18. The number of aryl methyl sites for hydroxylation is 1. The Morgan fingerprint density at radius 3 is 2.91 bits per heavy atom. The molecule has 3 aromatic rings. The van der Waals surface area contributed by atoms with Gasteiger partial charge in [0, 0.05) is 30.0 Å². The summed E-state index contributed by atoms with van der Waals surface area (Å²) in [5.41, 5.74) is 1.55. The van der Waals surface area contributed by atoms with Crippen molar-refractivity contribution < 1.29 is 4.79 Å². The molecule has 23 heavy (non-hydrogen) atoms. The summed E-state index contributed by atoms with van der Waals surface area (Å²) in [7, 11) is 0. The predicted molar refractivity (Wildman–Crippen MR) is 88.6 cm³/mol. The van der Waals surface area contributed by atoms with Crippen molar-refractivity contribution in [2.24, 2.45) is 0 Å². The molecule has 2 heterocycles. The van der Waals surface area contributed by atoms with E-state index in [2.05, 4.69) is 15.5 Å². The number of carbonyl (C=O) groups is 1. The first-order chi connectivity index (χ1) is 11.1. The minimum atomic E-state index is -0.224. The molecule has 0 atom stereocenters. The molecule has 6 nitrogen and oxygen atoms in total. The van der Waals surface area contributed by atoms with E-state index in [1.807, 2.05) is 37.4 Å². The fraction of sp³-hybridized carbons (Fsp3) is 0.188. The van der Waals surface area contributed by atoms with E-state index in [1.54, 1.807) is 27.8 Å². The monoisotopic (exact) mass is 329 g/mol. The van der Waals surface area contributed by atoms with Crippen LogP contribution in [0.1, 0.15) is 22.8 Å². The molecular weight excluding hydrogens is 314 g/mol. The Morgan fingerprint density at radius 2 is 2.17 bits per heavy atom. The summed E-state index contributed by atoms with van der Waals surface area (Å²) in [6.45, 7) is 3.28. The first kappa shape index (κ1) is 15.3. The highest BCUT2D eigenvalue weighted by molar-refractivity contribution is 6.30. The first-order valence-electron chi connectivity index (χ1n) is 7.26. The highest BCUT2D eigenvalue weighted by Crippen LogP contribution is 2.13. The van der Waals surface area contributed by atoms with E-state index in [0.717, 1.165) is 12.1 Å². The Kier molecular flexibility index (Phi) is 4.43. The van der Waals surface area contributed by atoms with Crippen LogP contribution >= 0.6 is 11.6 Å². The molecule has 118 valence electrons. The molecule has 1 aromatic carbocycles. The van der Waals surface area contributed by atoms with Crippen LogP contribution in [0.15, 0.2) is 48.9 Å². The lowest BCUT2D eigenvalue weighted by Crippen LogP contribution is -2.12. The summed E-state index contributed by atoms with van der Waals surface area (Å²) >= 11 is 5.97. The minimum Gasteiger partial charge on any atom is -0.305 e. The van der Waals surface area contributed by atoms with Gasteiger partial charge in [0.2, 0.25) is 0 Å². The second kappa shape index (κ2) is 6.66. The largest absolute Gasteiger partial charge is 0.305 e. The van der Waals surface area contributed by atoms with Crippen LogP contribution in [0, 0.1) is 0 Å². The van der Waals surface area contributed by atoms with Gasteiger partial charge in [0.05, 0.1) is 18.3 Å². The van der Waals surface area contributed by atoms with E-state index in [-0.39, 0.29) is 5.91 Å². The van der Waals surface area contributed by atoms with Gasteiger partial charge >= 0.3 is 0 Å². The van der Waals surface area contributed by atoms with Crippen LogP contribution in [-0.2, 0) is 13.1 Å². The number of aromatic nitrogens is 4. The van der Waals surface area contributed by atoms with E-state index in [4.69, 9.17) is 11.6 Å². The number of rotatable bonds is 5. The Labute approximate surface area is 138 Å². The minimum absolute atomic E-state index is 0.224. The number of amides is 1. The molecule has 0 aliphatic carbocycles. The van der Waals surface area contributed by atoms with Crippen LogP contribution in [0.2, 0.25) is 5.02 Å². The molecule has 3 rings (SSSR count). The topological polar surface area (TPSA) is 64.7 Å². The summed E-state index contributed by atoms with van der Waals surface area (Å²) in [6, 6.07) is 9.35. The van der Waals surface area contributed by atoms with Crippen molar-refractivity contribution in [1.29, 1.82) is 0 Å². The highest BCUT2D eigenvalue weighted by atomic mass is 35.5. The van der Waals surface area contributed by atoms with Gasteiger partial charge in [-0.15, -0.1) is 0 Å². The number of carbonyl (C=O) groups excluding carboxylic acids is 1. The van der Waals surface area contributed by atoms with Gasteiger partial charge in [-0.25, -0.2) is 0 Å². The van der Waals surface area contributed by atoms with Gasteiger partial charge < -0.3 is 5.32 Å². The Bertz CT molecular complexity index is 823. The molecule has 0 saturated heterocycles. The van der Waals surface area contributed by atoms with Gasteiger partial charge in [-0.1, -0.05) is 23.7 Å². The number of anilines is 1. The van der Waals surface area contributed by atoms with Crippen molar-refractivity contribution in [2.75, 3.05) is 5.32 Å². The number of benzene rings is 1. The average molecular weight is 330 g/mol. The molecule has 0 radical (unpaired) electrons. The summed E-state index contributed by atoms with van der Waals surface area (Å²) in [6.07, 6.45) is 5.06. The smallest absolute Gasteiger partial charge is 0.260 e. The lowest BCUT2D eigenvalue weighted by atomic mass is 10.2. The van der Waals surface area contributed by atoms with Crippen LogP contribution in [-0.4, -0.2) is 25.5 Å².